The van der Waals surface area contributed by atoms with E-state index in [1.165, 1.54) is 0 Å². The van der Waals surface area contributed by atoms with Crippen LogP contribution in [-0.2, 0) is 5.92 Å². The summed E-state index contributed by atoms with van der Waals surface area (Å²) in [6.07, 6.45) is 3.83. The Morgan fingerprint density at radius 1 is 1.11 bits per heavy atom. The molecule has 0 bridgehead atoms. The van der Waals surface area contributed by atoms with Gasteiger partial charge in [0.25, 0.3) is 5.92 Å². The van der Waals surface area contributed by atoms with Gasteiger partial charge in [-0.05, 0) is 19.8 Å². The molecule has 1 aliphatic carbocycles. The molecule has 2 N–H and O–H groups in total. The summed E-state index contributed by atoms with van der Waals surface area (Å²) in [6, 6.07) is 6.58. The second-order valence-electron chi connectivity index (χ2n) is 5.49. The van der Waals surface area contributed by atoms with Crippen LogP contribution in [0, 0.1) is 12.3 Å². The van der Waals surface area contributed by atoms with E-state index >= 15 is 0 Å². The molecule has 0 atom stereocenters. The second-order valence-corrected chi connectivity index (χ2v) is 5.49. The number of rotatable bonds is 3. The smallest absolute Gasteiger partial charge is 0.279 e. The van der Waals surface area contributed by atoms with Crippen LogP contribution in [0.2, 0.25) is 0 Å². The fraction of sp³-hybridized carbons (Fsp3) is 0.600. The molecule has 1 aliphatic rings. The fourth-order valence-corrected chi connectivity index (χ4v) is 2.94. The first-order valence-electron chi connectivity index (χ1n) is 6.67. The Labute approximate surface area is 107 Å². The number of hydrogen-bond acceptors (Lipinski definition) is 1. The van der Waals surface area contributed by atoms with E-state index in [1.54, 1.807) is 24.3 Å². The van der Waals surface area contributed by atoms with Crippen molar-refractivity contribution < 1.29 is 8.78 Å². The zero-order valence-electron chi connectivity index (χ0n) is 10.9. The summed E-state index contributed by atoms with van der Waals surface area (Å²) < 4.78 is 29.5. The molecule has 1 aromatic rings. The third kappa shape index (κ3) is 2.16. The van der Waals surface area contributed by atoms with E-state index < -0.39 is 11.3 Å². The summed E-state index contributed by atoms with van der Waals surface area (Å²) in [5.41, 5.74) is 5.78. The van der Waals surface area contributed by atoms with E-state index in [2.05, 4.69) is 0 Å². The minimum absolute atomic E-state index is 0.0634. The molecule has 3 heteroatoms. The molecule has 18 heavy (non-hydrogen) atoms. The predicted octanol–water partition coefficient (Wildman–Crippen LogP) is 4.00. The summed E-state index contributed by atoms with van der Waals surface area (Å²) >= 11 is 0. The van der Waals surface area contributed by atoms with Gasteiger partial charge in [0.05, 0.1) is 5.41 Å². The lowest BCUT2D eigenvalue weighted by molar-refractivity contribution is -0.142. The van der Waals surface area contributed by atoms with Gasteiger partial charge in [0.15, 0.2) is 0 Å². The lowest BCUT2D eigenvalue weighted by Crippen LogP contribution is -2.46. The van der Waals surface area contributed by atoms with Crippen LogP contribution in [-0.4, -0.2) is 6.54 Å². The molecule has 0 spiro atoms. The van der Waals surface area contributed by atoms with Gasteiger partial charge < -0.3 is 5.73 Å². The van der Waals surface area contributed by atoms with Crippen molar-refractivity contribution in [2.24, 2.45) is 11.1 Å². The third-order valence-corrected chi connectivity index (χ3v) is 4.28. The Kier molecular flexibility index (Phi) is 3.71. The van der Waals surface area contributed by atoms with Crippen molar-refractivity contribution in [1.29, 1.82) is 0 Å². The van der Waals surface area contributed by atoms with E-state index in [0.29, 0.717) is 12.8 Å². The van der Waals surface area contributed by atoms with Crippen LogP contribution < -0.4 is 5.73 Å². The van der Waals surface area contributed by atoms with E-state index in [9.17, 15) is 8.78 Å². The highest BCUT2D eigenvalue weighted by atomic mass is 19.3. The fourth-order valence-electron chi connectivity index (χ4n) is 2.94. The number of alkyl halides is 2. The molecule has 1 nitrogen and oxygen atoms in total. The van der Waals surface area contributed by atoms with Gasteiger partial charge in [-0.25, -0.2) is 8.78 Å². The van der Waals surface area contributed by atoms with E-state index in [1.807, 2.05) is 6.92 Å². The highest BCUT2D eigenvalue weighted by molar-refractivity contribution is 5.27. The Morgan fingerprint density at radius 2 is 1.67 bits per heavy atom. The van der Waals surface area contributed by atoms with Crippen molar-refractivity contribution in [3.05, 3.63) is 35.4 Å². The molecule has 2 rings (SSSR count). The second kappa shape index (κ2) is 4.96. The van der Waals surface area contributed by atoms with Crippen molar-refractivity contribution in [2.75, 3.05) is 6.54 Å². The number of halogens is 2. The zero-order chi connectivity index (χ0) is 13.2. The molecular weight excluding hydrogens is 232 g/mol. The van der Waals surface area contributed by atoms with Crippen molar-refractivity contribution in [3.8, 4) is 0 Å². The van der Waals surface area contributed by atoms with Crippen molar-refractivity contribution in [2.45, 2.75) is 45.0 Å². The number of nitrogens with two attached hydrogens (primary N) is 1. The molecule has 0 amide bonds. The first kappa shape index (κ1) is 13.5. The Bertz CT molecular complexity index is 391. The number of benzene rings is 1. The quantitative estimate of drug-likeness (QED) is 0.865. The monoisotopic (exact) mass is 253 g/mol. The minimum Gasteiger partial charge on any atom is -0.330 e. The first-order valence-corrected chi connectivity index (χ1v) is 6.67. The average Bonchev–Trinajstić information content (AvgIpc) is 2.40. The number of aryl methyl sites for hydroxylation is 1. The summed E-state index contributed by atoms with van der Waals surface area (Å²) in [5.74, 6) is -2.82. The van der Waals surface area contributed by atoms with Crippen molar-refractivity contribution in [3.63, 3.8) is 0 Å². The molecule has 0 aromatic heterocycles. The molecule has 0 heterocycles. The number of hydrogen-bond donors (Lipinski definition) is 1. The minimum atomic E-state index is -2.82. The summed E-state index contributed by atoms with van der Waals surface area (Å²) in [5, 5.41) is 0. The summed E-state index contributed by atoms with van der Waals surface area (Å²) in [6.45, 7) is 1.97. The summed E-state index contributed by atoms with van der Waals surface area (Å²) in [7, 11) is 0. The highest BCUT2D eigenvalue weighted by Crippen LogP contribution is 2.52. The molecule has 1 aromatic carbocycles. The van der Waals surface area contributed by atoms with Crippen LogP contribution in [0.5, 0.6) is 0 Å². The van der Waals surface area contributed by atoms with Gasteiger partial charge in [-0.1, -0.05) is 49.1 Å². The molecule has 1 saturated carbocycles. The molecule has 0 radical (unpaired) electrons. The highest BCUT2D eigenvalue weighted by Gasteiger charge is 2.53. The van der Waals surface area contributed by atoms with E-state index in [0.717, 1.165) is 24.8 Å². The maximum atomic E-state index is 14.7. The topological polar surface area (TPSA) is 26.0 Å². The maximum absolute atomic E-state index is 14.7. The predicted molar refractivity (Wildman–Crippen MR) is 69.6 cm³/mol. The van der Waals surface area contributed by atoms with Gasteiger partial charge in [0, 0.05) is 12.1 Å². The van der Waals surface area contributed by atoms with Gasteiger partial charge in [0.1, 0.15) is 0 Å². The lowest BCUT2D eigenvalue weighted by Gasteiger charge is -2.42. The molecule has 0 saturated heterocycles. The molecular formula is C15H21F2N. The van der Waals surface area contributed by atoms with E-state index in [-0.39, 0.29) is 12.1 Å². The van der Waals surface area contributed by atoms with Crippen LogP contribution in [0.4, 0.5) is 8.78 Å². The van der Waals surface area contributed by atoms with Crippen LogP contribution in [0.15, 0.2) is 24.3 Å². The molecule has 0 aliphatic heterocycles. The van der Waals surface area contributed by atoms with Gasteiger partial charge >= 0.3 is 0 Å². The normalized spacial score (nSPS) is 19.8. The first-order chi connectivity index (χ1) is 8.52. The molecule has 100 valence electrons. The molecule has 0 unspecified atom stereocenters. The van der Waals surface area contributed by atoms with Crippen molar-refractivity contribution >= 4 is 0 Å². The average molecular weight is 253 g/mol. The largest absolute Gasteiger partial charge is 0.330 e. The van der Waals surface area contributed by atoms with Gasteiger partial charge in [-0.15, -0.1) is 0 Å². The summed E-state index contributed by atoms with van der Waals surface area (Å²) in [4.78, 5) is 0. The molecule has 1 fully saturated rings. The van der Waals surface area contributed by atoms with Gasteiger partial charge in [-0.2, -0.15) is 0 Å². The Hall–Kier alpha value is -0.960. The zero-order valence-corrected chi connectivity index (χ0v) is 10.9. The van der Waals surface area contributed by atoms with Crippen LogP contribution in [0.1, 0.15) is 43.2 Å². The van der Waals surface area contributed by atoms with Crippen molar-refractivity contribution in [1.82, 2.24) is 0 Å². The van der Waals surface area contributed by atoms with Crippen LogP contribution in [0.3, 0.4) is 0 Å². The standard InChI is InChI=1S/C15H21F2N/c1-12-5-7-13(8-6-12)15(16,17)14(11-18)9-3-2-4-10-14/h5-8H,2-4,9-11,18H2,1H3. The SMILES string of the molecule is Cc1ccc(C(F)(F)C2(CN)CCCCC2)cc1. The van der Waals surface area contributed by atoms with Crippen LogP contribution in [0.25, 0.3) is 0 Å². The Balaban J connectivity index is 2.35. The maximum Gasteiger partial charge on any atom is 0.279 e. The van der Waals surface area contributed by atoms with Gasteiger partial charge in [-0.3, -0.25) is 0 Å². The van der Waals surface area contributed by atoms with Gasteiger partial charge in [0.2, 0.25) is 0 Å². The lowest BCUT2D eigenvalue weighted by atomic mass is 9.68. The third-order valence-electron chi connectivity index (χ3n) is 4.28. The Morgan fingerprint density at radius 3 is 2.17 bits per heavy atom. The van der Waals surface area contributed by atoms with E-state index in [4.69, 9.17) is 5.73 Å². The van der Waals surface area contributed by atoms with Crippen LogP contribution >= 0.6 is 0 Å².